The highest BCUT2D eigenvalue weighted by molar-refractivity contribution is 9.10. The molecule has 0 aromatic heterocycles. The predicted octanol–water partition coefficient (Wildman–Crippen LogP) is 6.53. The van der Waals surface area contributed by atoms with Crippen LogP contribution >= 0.6 is 15.9 Å². The Kier molecular flexibility index (Phi) is 13.0. The first-order valence-electron chi connectivity index (χ1n) is 15.7. The predicted molar refractivity (Wildman–Crippen MR) is 192 cm³/mol. The molecule has 4 aromatic carbocycles. The van der Waals surface area contributed by atoms with E-state index in [0.717, 1.165) is 38.3 Å². The third-order valence-electron chi connectivity index (χ3n) is 7.89. The Bertz CT molecular complexity index is 1780. The average Bonchev–Trinajstić information content (AvgIpc) is 3.09. The van der Waals surface area contributed by atoms with E-state index in [4.69, 9.17) is 9.47 Å². The van der Waals surface area contributed by atoms with Gasteiger partial charge in [0.25, 0.3) is 10.0 Å². The summed E-state index contributed by atoms with van der Waals surface area (Å²) in [5, 5.41) is 3.01. The molecule has 2 amide bonds. The van der Waals surface area contributed by atoms with Crippen molar-refractivity contribution in [2.24, 2.45) is 0 Å². The zero-order valence-electron chi connectivity index (χ0n) is 27.7. The maximum atomic E-state index is 14.7. The fraction of sp³-hybridized carbons (Fsp3) is 0.297. The van der Waals surface area contributed by atoms with Crippen LogP contribution in [0.3, 0.4) is 0 Å². The molecule has 0 unspecified atom stereocenters. The van der Waals surface area contributed by atoms with Crippen LogP contribution in [0.1, 0.15) is 36.5 Å². The van der Waals surface area contributed by atoms with E-state index in [1.807, 2.05) is 68.4 Å². The molecule has 0 radical (unpaired) electrons. The molecule has 48 heavy (non-hydrogen) atoms. The van der Waals surface area contributed by atoms with Crippen molar-refractivity contribution in [3.05, 3.63) is 118 Å². The number of halogens is 1. The van der Waals surface area contributed by atoms with Gasteiger partial charge in [0.2, 0.25) is 11.8 Å². The number of carbonyl (C=O) groups excluding carboxylic acids is 2. The molecule has 0 saturated heterocycles. The first kappa shape index (κ1) is 36.5. The number of anilines is 1. The van der Waals surface area contributed by atoms with Gasteiger partial charge < -0.3 is 19.7 Å². The summed E-state index contributed by atoms with van der Waals surface area (Å²) in [6, 6.07) is 27.2. The van der Waals surface area contributed by atoms with E-state index in [0.29, 0.717) is 12.3 Å². The smallest absolute Gasteiger partial charge is 0.264 e. The van der Waals surface area contributed by atoms with Gasteiger partial charge in [0, 0.05) is 30.0 Å². The van der Waals surface area contributed by atoms with Crippen LogP contribution in [0.4, 0.5) is 5.69 Å². The number of methoxy groups -OCH3 is 2. The Morgan fingerprint density at radius 1 is 0.875 bits per heavy atom. The third kappa shape index (κ3) is 9.38. The molecule has 4 rings (SSSR count). The number of sulfonamides is 1. The number of nitrogens with one attached hydrogen (secondary N) is 1. The second-order valence-electron chi connectivity index (χ2n) is 11.4. The lowest BCUT2D eigenvalue weighted by Crippen LogP contribution is -2.53. The number of benzene rings is 4. The van der Waals surface area contributed by atoms with E-state index in [9.17, 15) is 18.0 Å². The van der Waals surface area contributed by atoms with Crippen LogP contribution in [-0.2, 0) is 32.6 Å². The van der Waals surface area contributed by atoms with Crippen LogP contribution in [0.25, 0.3) is 0 Å². The van der Waals surface area contributed by atoms with E-state index in [2.05, 4.69) is 21.2 Å². The monoisotopic (exact) mass is 735 g/mol. The highest BCUT2D eigenvalue weighted by atomic mass is 79.9. The minimum atomic E-state index is -4.32. The van der Waals surface area contributed by atoms with Crippen LogP contribution in [0.15, 0.2) is 106 Å². The number of nitrogens with zero attached hydrogens (tertiary/aromatic N) is 2. The molecule has 0 spiro atoms. The number of hydrogen-bond acceptors (Lipinski definition) is 6. The van der Waals surface area contributed by atoms with Crippen molar-refractivity contribution >= 4 is 43.5 Å². The molecule has 0 bridgehead atoms. The molecule has 254 valence electrons. The lowest BCUT2D eigenvalue weighted by molar-refractivity contribution is -0.140. The lowest BCUT2D eigenvalue weighted by atomic mass is 10.0. The second-order valence-corrected chi connectivity index (χ2v) is 14.1. The summed E-state index contributed by atoms with van der Waals surface area (Å²) in [7, 11) is -1.41. The summed E-state index contributed by atoms with van der Waals surface area (Å²) in [5.41, 5.74) is 2.64. The fourth-order valence-corrected chi connectivity index (χ4v) is 7.10. The number of rotatable bonds is 16. The van der Waals surface area contributed by atoms with Crippen molar-refractivity contribution in [2.45, 2.75) is 50.6 Å². The van der Waals surface area contributed by atoms with Crippen molar-refractivity contribution in [1.29, 1.82) is 0 Å². The quantitative estimate of drug-likeness (QED) is 0.131. The van der Waals surface area contributed by atoms with Gasteiger partial charge in [-0.15, -0.1) is 0 Å². The standard InChI is InChI=1S/C37H42BrN3O6S/c1-5-6-21-39-37(43)34(23-28-11-8-7-9-12-28)40(25-29-13-10-14-30(38)22-29)36(42)26-41(33-24-31(46-3)17-20-35(33)47-4)48(44,45)32-18-15-27(2)16-19-32/h7-20,22,24,34H,5-6,21,23,25-26H2,1-4H3,(H,39,43)/t34-/m0/s1. The molecule has 0 aliphatic heterocycles. The van der Waals surface area contributed by atoms with E-state index < -0.39 is 28.5 Å². The molecule has 4 aromatic rings. The van der Waals surface area contributed by atoms with Gasteiger partial charge in [-0.05, 0) is 60.9 Å². The molecule has 0 saturated carbocycles. The van der Waals surface area contributed by atoms with E-state index >= 15 is 0 Å². The van der Waals surface area contributed by atoms with Crippen LogP contribution < -0.4 is 19.1 Å². The van der Waals surface area contributed by atoms with E-state index in [1.165, 1.54) is 37.3 Å². The van der Waals surface area contributed by atoms with Gasteiger partial charge in [-0.3, -0.25) is 13.9 Å². The molecule has 1 N–H and O–H groups in total. The molecule has 0 fully saturated rings. The van der Waals surface area contributed by atoms with Gasteiger partial charge in [0.05, 0.1) is 24.8 Å². The number of unbranched alkanes of at least 4 members (excludes halogenated alkanes) is 1. The Balaban J connectivity index is 1.85. The summed E-state index contributed by atoms with van der Waals surface area (Å²) < 4.78 is 41.7. The maximum Gasteiger partial charge on any atom is 0.264 e. The maximum absolute atomic E-state index is 14.7. The van der Waals surface area contributed by atoms with E-state index in [1.54, 1.807) is 24.3 Å². The topological polar surface area (TPSA) is 105 Å². The van der Waals surface area contributed by atoms with Crippen molar-refractivity contribution < 1.29 is 27.5 Å². The van der Waals surface area contributed by atoms with Gasteiger partial charge in [0.1, 0.15) is 24.1 Å². The molecule has 0 aliphatic carbocycles. The summed E-state index contributed by atoms with van der Waals surface area (Å²) in [6.45, 7) is 3.80. The average molecular weight is 737 g/mol. The van der Waals surface area contributed by atoms with E-state index in [-0.39, 0.29) is 35.2 Å². The molecular formula is C37H42BrN3O6S. The second kappa shape index (κ2) is 17.2. The normalized spacial score (nSPS) is 11.8. The minimum absolute atomic E-state index is 0.00228. The Labute approximate surface area is 292 Å². The number of hydrogen-bond donors (Lipinski definition) is 1. The van der Waals surface area contributed by atoms with Crippen LogP contribution in [0.2, 0.25) is 0 Å². The highest BCUT2D eigenvalue weighted by Gasteiger charge is 2.35. The Hall–Kier alpha value is -4.35. The summed E-state index contributed by atoms with van der Waals surface area (Å²) in [6.07, 6.45) is 1.89. The number of carbonyl (C=O) groups is 2. The van der Waals surface area contributed by atoms with Gasteiger partial charge in [-0.25, -0.2) is 8.42 Å². The third-order valence-corrected chi connectivity index (χ3v) is 10.2. The molecule has 0 aliphatic rings. The van der Waals surface area contributed by atoms with Crippen LogP contribution in [0.5, 0.6) is 11.5 Å². The Morgan fingerprint density at radius 3 is 2.23 bits per heavy atom. The largest absolute Gasteiger partial charge is 0.497 e. The minimum Gasteiger partial charge on any atom is -0.497 e. The summed E-state index contributed by atoms with van der Waals surface area (Å²) in [5.74, 6) is -0.272. The SMILES string of the molecule is CCCCNC(=O)[C@H](Cc1ccccc1)N(Cc1cccc(Br)c1)C(=O)CN(c1cc(OC)ccc1OC)S(=O)(=O)c1ccc(C)cc1. The van der Waals surface area contributed by atoms with Gasteiger partial charge in [0.15, 0.2) is 0 Å². The fourth-order valence-electron chi connectivity index (χ4n) is 5.23. The molecule has 0 heterocycles. The van der Waals surface area contributed by atoms with Crippen molar-refractivity contribution in [3.63, 3.8) is 0 Å². The van der Waals surface area contributed by atoms with Crippen LogP contribution in [-0.4, -0.2) is 58.5 Å². The number of aryl methyl sites for hydroxylation is 1. The first-order valence-corrected chi connectivity index (χ1v) is 18.0. The van der Waals surface area contributed by atoms with Crippen molar-refractivity contribution in [1.82, 2.24) is 10.2 Å². The van der Waals surface area contributed by atoms with Crippen molar-refractivity contribution in [3.8, 4) is 11.5 Å². The molecule has 9 nitrogen and oxygen atoms in total. The molecule has 11 heteroatoms. The summed E-state index contributed by atoms with van der Waals surface area (Å²) >= 11 is 3.51. The number of amides is 2. The molecular weight excluding hydrogens is 694 g/mol. The zero-order chi connectivity index (χ0) is 34.7. The van der Waals surface area contributed by atoms with Gasteiger partial charge in [-0.1, -0.05) is 89.4 Å². The van der Waals surface area contributed by atoms with Gasteiger partial charge in [-0.2, -0.15) is 0 Å². The first-order chi connectivity index (χ1) is 23.1. The zero-order valence-corrected chi connectivity index (χ0v) is 30.1. The molecule has 1 atom stereocenters. The van der Waals surface area contributed by atoms with Gasteiger partial charge >= 0.3 is 0 Å². The van der Waals surface area contributed by atoms with Crippen LogP contribution in [0, 0.1) is 6.92 Å². The van der Waals surface area contributed by atoms with Crippen molar-refractivity contribution in [2.75, 3.05) is 31.6 Å². The number of ether oxygens (including phenoxy) is 2. The lowest BCUT2D eigenvalue weighted by Gasteiger charge is -2.34. The summed E-state index contributed by atoms with van der Waals surface area (Å²) in [4.78, 5) is 30.1. The Morgan fingerprint density at radius 2 is 1.58 bits per heavy atom. The highest BCUT2D eigenvalue weighted by Crippen LogP contribution is 2.36.